The van der Waals surface area contributed by atoms with Crippen molar-refractivity contribution in [2.75, 3.05) is 45.1 Å². The van der Waals surface area contributed by atoms with E-state index in [1.807, 2.05) is 35.2 Å². The number of aromatic nitrogens is 1. The van der Waals surface area contributed by atoms with Gasteiger partial charge in [0.2, 0.25) is 5.91 Å². The van der Waals surface area contributed by atoms with Gasteiger partial charge in [-0.1, -0.05) is 18.2 Å². The van der Waals surface area contributed by atoms with Crippen molar-refractivity contribution in [1.82, 2.24) is 14.8 Å². The van der Waals surface area contributed by atoms with Crippen LogP contribution in [0.25, 0.3) is 10.9 Å². The maximum Gasteiger partial charge on any atom is 0.241 e. The molecule has 1 saturated heterocycles. The highest BCUT2D eigenvalue weighted by Gasteiger charge is 2.18. The van der Waals surface area contributed by atoms with Crippen molar-refractivity contribution in [3.63, 3.8) is 0 Å². The first-order valence-corrected chi connectivity index (χ1v) is 7.28. The number of amides is 1. The normalized spacial score (nSPS) is 16.1. The summed E-state index contributed by atoms with van der Waals surface area (Å²) in [5.41, 5.74) is 1.82. The van der Waals surface area contributed by atoms with E-state index in [-0.39, 0.29) is 5.91 Å². The van der Waals surface area contributed by atoms with Gasteiger partial charge in [-0.05, 0) is 19.2 Å². The number of fused-ring (bicyclic) bond motifs is 1. The van der Waals surface area contributed by atoms with Crippen LogP contribution in [0.15, 0.2) is 36.5 Å². The number of hydrogen-bond donors (Lipinski definition) is 1. The monoisotopic (exact) mass is 284 g/mol. The van der Waals surface area contributed by atoms with E-state index in [9.17, 15) is 4.79 Å². The van der Waals surface area contributed by atoms with Gasteiger partial charge >= 0.3 is 0 Å². The molecule has 3 rings (SSSR count). The summed E-state index contributed by atoms with van der Waals surface area (Å²) >= 11 is 0. The van der Waals surface area contributed by atoms with Crippen LogP contribution in [0.2, 0.25) is 0 Å². The fraction of sp³-hybridized carbons (Fsp3) is 0.375. The molecule has 110 valence electrons. The molecule has 2 heterocycles. The highest BCUT2D eigenvalue weighted by molar-refractivity contribution is 5.92. The molecule has 5 heteroatoms. The van der Waals surface area contributed by atoms with Crippen LogP contribution in [0.1, 0.15) is 0 Å². The quantitative estimate of drug-likeness (QED) is 0.926. The molecule has 1 aromatic heterocycles. The SMILES string of the molecule is CN1CCN(C(=O)CNc2cccc3cccnc23)CC1. The number of pyridine rings is 1. The third-order valence-electron chi connectivity index (χ3n) is 3.92. The summed E-state index contributed by atoms with van der Waals surface area (Å²) in [6, 6.07) is 9.91. The van der Waals surface area contributed by atoms with Gasteiger partial charge in [0.1, 0.15) is 0 Å². The van der Waals surface area contributed by atoms with E-state index < -0.39 is 0 Å². The minimum absolute atomic E-state index is 0.149. The Labute approximate surface area is 124 Å². The third-order valence-corrected chi connectivity index (χ3v) is 3.92. The Morgan fingerprint density at radius 1 is 1.19 bits per heavy atom. The number of carbonyl (C=O) groups excluding carboxylic acids is 1. The van der Waals surface area contributed by atoms with E-state index in [1.165, 1.54) is 0 Å². The van der Waals surface area contributed by atoms with Crippen LogP contribution in [-0.4, -0.2) is 60.5 Å². The standard InChI is InChI=1S/C16H20N4O/c1-19-8-10-20(11-9-19)15(21)12-18-14-6-2-4-13-5-3-7-17-16(13)14/h2-7,18H,8-12H2,1H3. The second kappa shape index (κ2) is 6.10. The van der Waals surface area contributed by atoms with Crippen LogP contribution in [0.3, 0.4) is 0 Å². The molecule has 0 spiro atoms. The van der Waals surface area contributed by atoms with E-state index in [0.717, 1.165) is 42.8 Å². The molecular formula is C16H20N4O. The fourth-order valence-corrected chi connectivity index (χ4v) is 2.59. The smallest absolute Gasteiger partial charge is 0.241 e. The van der Waals surface area contributed by atoms with Crippen molar-refractivity contribution in [2.24, 2.45) is 0 Å². The summed E-state index contributed by atoms with van der Waals surface area (Å²) in [6.07, 6.45) is 1.77. The Morgan fingerprint density at radius 2 is 1.95 bits per heavy atom. The molecule has 0 saturated carbocycles. The van der Waals surface area contributed by atoms with Gasteiger partial charge < -0.3 is 15.1 Å². The molecule has 21 heavy (non-hydrogen) atoms. The topological polar surface area (TPSA) is 48.5 Å². The molecule has 1 amide bonds. The van der Waals surface area contributed by atoms with E-state index in [0.29, 0.717) is 6.54 Å². The van der Waals surface area contributed by atoms with Gasteiger partial charge in [-0.2, -0.15) is 0 Å². The summed E-state index contributed by atoms with van der Waals surface area (Å²) in [4.78, 5) is 20.8. The molecule has 5 nitrogen and oxygen atoms in total. The molecule has 0 radical (unpaired) electrons. The van der Waals surface area contributed by atoms with Crippen LogP contribution in [0.5, 0.6) is 0 Å². The largest absolute Gasteiger partial charge is 0.374 e. The summed E-state index contributed by atoms with van der Waals surface area (Å²) in [7, 11) is 2.09. The number of nitrogens with one attached hydrogen (secondary N) is 1. The van der Waals surface area contributed by atoms with Crippen molar-refractivity contribution in [2.45, 2.75) is 0 Å². The Hall–Kier alpha value is -2.14. The van der Waals surface area contributed by atoms with Crippen molar-refractivity contribution >= 4 is 22.5 Å². The van der Waals surface area contributed by atoms with E-state index in [1.54, 1.807) is 6.20 Å². The minimum Gasteiger partial charge on any atom is -0.374 e. The third kappa shape index (κ3) is 3.13. The maximum absolute atomic E-state index is 12.2. The van der Waals surface area contributed by atoms with Gasteiger partial charge in [0.25, 0.3) is 0 Å². The lowest BCUT2D eigenvalue weighted by molar-refractivity contribution is -0.130. The van der Waals surface area contributed by atoms with Gasteiger partial charge in [-0.25, -0.2) is 0 Å². The zero-order chi connectivity index (χ0) is 14.7. The molecule has 2 aromatic rings. The lowest BCUT2D eigenvalue weighted by Crippen LogP contribution is -2.48. The van der Waals surface area contributed by atoms with Crippen molar-refractivity contribution in [3.05, 3.63) is 36.5 Å². The Balaban J connectivity index is 1.65. The number of anilines is 1. The highest BCUT2D eigenvalue weighted by atomic mass is 16.2. The first-order chi connectivity index (χ1) is 10.2. The van der Waals surface area contributed by atoms with Crippen molar-refractivity contribution in [1.29, 1.82) is 0 Å². The number of nitrogens with zero attached hydrogens (tertiary/aromatic N) is 3. The lowest BCUT2D eigenvalue weighted by atomic mass is 10.2. The maximum atomic E-state index is 12.2. The Morgan fingerprint density at radius 3 is 2.76 bits per heavy atom. The van der Waals surface area contributed by atoms with Gasteiger partial charge in [0.05, 0.1) is 17.7 Å². The van der Waals surface area contributed by atoms with E-state index in [2.05, 4.69) is 22.2 Å². The predicted molar refractivity (Wildman–Crippen MR) is 84.3 cm³/mol. The second-order valence-corrected chi connectivity index (χ2v) is 5.42. The number of para-hydroxylation sites is 1. The molecule has 0 unspecified atom stereocenters. The number of benzene rings is 1. The Kier molecular flexibility index (Phi) is 4.01. The number of hydrogen-bond acceptors (Lipinski definition) is 4. The number of piperazine rings is 1. The van der Waals surface area contributed by atoms with E-state index in [4.69, 9.17) is 0 Å². The number of carbonyl (C=O) groups is 1. The molecule has 0 atom stereocenters. The average molecular weight is 284 g/mol. The Bertz CT molecular complexity index is 630. The van der Waals surface area contributed by atoms with E-state index >= 15 is 0 Å². The molecule has 1 fully saturated rings. The van der Waals surface area contributed by atoms with Crippen LogP contribution < -0.4 is 5.32 Å². The lowest BCUT2D eigenvalue weighted by Gasteiger charge is -2.32. The number of likely N-dealkylation sites (N-methyl/N-ethyl adjacent to an activating group) is 1. The van der Waals surface area contributed by atoms with Gasteiger partial charge in [-0.3, -0.25) is 9.78 Å². The summed E-state index contributed by atoms with van der Waals surface area (Å²) in [5, 5.41) is 4.31. The van der Waals surface area contributed by atoms with Crippen LogP contribution in [-0.2, 0) is 4.79 Å². The molecule has 1 aliphatic rings. The molecule has 1 aromatic carbocycles. The van der Waals surface area contributed by atoms with Gasteiger partial charge in [0.15, 0.2) is 0 Å². The highest BCUT2D eigenvalue weighted by Crippen LogP contribution is 2.20. The van der Waals surface area contributed by atoms with Crippen molar-refractivity contribution < 1.29 is 4.79 Å². The number of rotatable bonds is 3. The summed E-state index contributed by atoms with van der Waals surface area (Å²) in [6.45, 7) is 3.83. The fourth-order valence-electron chi connectivity index (χ4n) is 2.59. The van der Waals surface area contributed by atoms with Crippen molar-refractivity contribution in [3.8, 4) is 0 Å². The van der Waals surface area contributed by atoms with Crippen LogP contribution >= 0.6 is 0 Å². The van der Waals surface area contributed by atoms with Crippen LogP contribution in [0, 0.1) is 0 Å². The minimum atomic E-state index is 0.149. The van der Waals surface area contributed by atoms with Gasteiger partial charge in [0, 0.05) is 37.8 Å². The first-order valence-electron chi connectivity index (χ1n) is 7.28. The average Bonchev–Trinajstić information content (AvgIpc) is 2.53. The summed E-state index contributed by atoms with van der Waals surface area (Å²) in [5.74, 6) is 0.149. The molecule has 0 bridgehead atoms. The zero-order valence-corrected chi connectivity index (χ0v) is 12.2. The van der Waals surface area contributed by atoms with Crippen LogP contribution in [0.4, 0.5) is 5.69 Å². The zero-order valence-electron chi connectivity index (χ0n) is 12.2. The molecule has 1 N–H and O–H groups in total. The second-order valence-electron chi connectivity index (χ2n) is 5.42. The molecule has 0 aliphatic carbocycles. The molecule has 1 aliphatic heterocycles. The predicted octanol–water partition coefficient (Wildman–Crippen LogP) is 1.42. The summed E-state index contributed by atoms with van der Waals surface area (Å²) < 4.78 is 0. The molecular weight excluding hydrogens is 264 g/mol. The first kappa shape index (κ1) is 13.8. The van der Waals surface area contributed by atoms with Gasteiger partial charge in [-0.15, -0.1) is 0 Å².